The predicted molar refractivity (Wildman–Crippen MR) is 83.0 cm³/mol. The number of aryl methyl sites for hydroxylation is 2. The maximum atomic E-state index is 12.7. The number of hydrogen-bond donors (Lipinski definition) is 1. The highest BCUT2D eigenvalue weighted by Gasteiger charge is 2.23. The summed E-state index contributed by atoms with van der Waals surface area (Å²) in [5, 5.41) is 0. The quantitative estimate of drug-likeness (QED) is 0.886. The zero-order chi connectivity index (χ0) is 15.7. The molecule has 4 heteroatoms. The Morgan fingerprint density at radius 2 is 1.95 bits per heavy atom. The third kappa shape index (κ3) is 2.82. The van der Waals surface area contributed by atoms with Gasteiger partial charge in [-0.1, -0.05) is 24.3 Å². The molecule has 22 heavy (non-hydrogen) atoms. The second kappa shape index (κ2) is 5.79. The molecular weight excluding hydrogens is 278 g/mol. The first-order valence-electron chi connectivity index (χ1n) is 7.57. The van der Waals surface area contributed by atoms with Crippen LogP contribution in [0.3, 0.4) is 0 Å². The van der Waals surface area contributed by atoms with Gasteiger partial charge in [-0.05, 0) is 43.9 Å². The molecule has 0 saturated carbocycles. The van der Waals surface area contributed by atoms with Gasteiger partial charge < -0.3 is 9.72 Å². The molecule has 0 amide bonds. The molecule has 1 N–H and O–H groups in total. The number of esters is 1. The van der Waals surface area contributed by atoms with Crippen molar-refractivity contribution in [3.05, 3.63) is 58.4 Å². The SMILES string of the molecule is CC(C)OC(=O)Cc1cc2c([nH]1)C(=O)c1ccccc1CC2. The highest BCUT2D eigenvalue weighted by molar-refractivity contribution is 6.10. The van der Waals surface area contributed by atoms with Crippen LogP contribution in [-0.2, 0) is 28.8 Å². The fourth-order valence-electron chi connectivity index (χ4n) is 2.88. The van der Waals surface area contributed by atoms with Crippen molar-refractivity contribution in [2.24, 2.45) is 0 Å². The average Bonchev–Trinajstić information content (AvgIpc) is 2.81. The van der Waals surface area contributed by atoms with Crippen molar-refractivity contribution in [2.45, 2.75) is 39.2 Å². The lowest BCUT2D eigenvalue weighted by molar-refractivity contribution is -0.146. The molecule has 1 aromatic carbocycles. The maximum absolute atomic E-state index is 12.7. The lowest BCUT2D eigenvalue weighted by Crippen LogP contribution is -2.14. The van der Waals surface area contributed by atoms with E-state index in [1.165, 1.54) is 0 Å². The van der Waals surface area contributed by atoms with Crippen molar-refractivity contribution in [1.82, 2.24) is 4.98 Å². The molecule has 0 radical (unpaired) electrons. The minimum atomic E-state index is -0.278. The Morgan fingerprint density at radius 3 is 2.73 bits per heavy atom. The fourth-order valence-corrected chi connectivity index (χ4v) is 2.88. The summed E-state index contributed by atoms with van der Waals surface area (Å²) in [5.74, 6) is -0.272. The zero-order valence-corrected chi connectivity index (χ0v) is 12.8. The van der Waals surface area contributed by atoms with Gasteiger partial charge in [-0.2, -0.15) is 0 Å². The summed E-state index contributed by atoms with van der Waals surface area (Å²) in [6, 6.07) is 9.62. The van der Waals surface area contributed by atoms with Crippen molar-refractivity contribution < 1.29 is 14.3 Å². The Morgan fingerprint density at radius 1 is 1.23 bits per heavy atom. The fraction of sp³-hybridized carbons (Fsp3) is 0.333. The van der Waals surface area contributed by atoms with E-state index in [0.29, 0.717) is 5.69 Å². The second-order valence-corrected chi connectivity index (χ2v) is 5.90. The molecule has 114 valence electrons. The standard InChI is InChI=1S/C18H19NO3/c1-11(2)22-16(20)10-14-9-13-8-7-12-5-3-4-6-15(12)18(21)17(13)19-14/h3-6,9,11,19H,7-8,10H2,1-2H3. The molecule has 1 heterocycles. The molecule has 0 unspecified atom stereocenters. The molecule has 2 aromatic rings. The minimum absolute atomic E-state index is 0.00609. The van der Waals surface area contributed by atoms with Crippen LogP contribution in [0.4, 0.5) is 0 Å². The molecule has 0 saturated heterocycles. The van der Waals surface area contributed by atoms with E-state index in [0.717, 1.165) is 35.2 Å². The number of rotatable bonds is 3. The van der Waals surface area contributed by atoms with Gasteiger partial charge in [-0.25, -0.2) is 0 Å². The van der Waals surface area contributed by atoms with Gasteiger partial charge in [-0.3, -0.25) is 9.59 Å². The third-order valence-electron chi connectivity index (χ3n) is 3.81. The van der Waals surface area contributed by atoms with Gasteiger partial charge in [0.1, 0.15) is 0 Å². The highest BCUT2D eigenvalue weighted by Crippen LogP contribution is 2.25. The van der Waals surface area contributed by atoms with Crippen molar-refractivity contribution in [2.75, 3.05) is 0 Å². The van der Waals surface area contributed by atoms with Gasteiger partial charge in [0.25, 0.3) is 0 Å². The predicted octanol–water partition coefficient (Wildman–Crippen LogP) is 2.84. The summed E-state index contributed by atoms with van der Waals surface area (Å²) in [4.78, 5) is 27.5. The number of aromatic nitrogens is 1. The van der Waals surface area contributed by atoms with Crippen LogP contribution in [0.5, 0.6) is 0 Å². The van der Waals surface area contributed by atoms with Crippen LogP contribution in [0, 0.1) is 0 Å². The number of H-pyrrole nitrogens is 1. The number of aromatic amines is 1. The van der Waals surface area contributed by atoms with Crippen LogP contribution in [0.1, 0.15) is 46.7 Å². The molecule has 4 nitrogen and oxygen atoms in total. The summed E-state index contributed by atoms with van der Waals surface area (Å²) in [5.41, 5.74) is 4.16. The summed E-state index contributed by atoms with van der Waals surface area (Å²) in [6.07, 6.45) is 1.67. The lowest BCUT2D eigenvalue weighted by Gasteiger charge is -2.07. The molecule has 0 fully saturated rings. The number of ketones is 1. The van der Waals surface area contributed by atoms with Gasteiger partial charge >= 0.3 is 5.97 Å². The van der Waals surface area contributed by atoms with Crippen molar-refractivity contribution in [1.29, 1.82) is 0 Å². The summed E-state index contributed by atoms with van der Waals surface area (Å²) in [7, 11) is 0. The van der Waals surface area contributed by atoms with Crippen LogP contribution < -0.4 is 0 Å². The maximum Gasteiger partial charge on any atom is 0.312 e. The van der Waals surface area contributed by atoms with E-state index in [1.54, 1.807) is 0 Å². The Labute approximate surface area is 129 Å². The van der Waals surface area contributed by atoms with Gasteiger partial charge in [0.2, 0.25) is 5.78 Å². The van der Waals surface area contributed by atoms with Gasteiger partial charge in [0.05, 0.1) is 18.2 Å². The van der Waals surface area contributed by atoms with Crippen LogP contribution in [0.15, 0.2) is 30.3 Å². The van der Waals surface area contributed by atoms with Gasteiger partial charge in [0.15, 0.2) is 0 Å². The van der Waals surface area contributed by atoms with E-state index >= 15 is 0 Å². The summed E-state index contributed by atoms with van der Waals surface area (Å²) in [6.45, 7) is 3.64. The van der Waals surface area contributed by atoms with Gasteiger partial charge in [0, 0.05) is 11.3 Å². The third-order valence-corrected chi connectivity index (χ3v) is 3.81. The first-order valence-corrected chi connectivity index (χ1v) is 7.57. The zero-order valence-electron chi connectivity index (χ0n) is 12.8. The van der Waals surface area contributed by atoms with Crippen molar-refractivity contribution >= 4 is 11.8 Å². The molecule has 0 bridgehead atoms. The number of fused-ring (bicyclic) bond motifs is 2. The Hall–Kier alpha value is -2.36. The van der Waals surface area contributed by atoms with Crippen LogP contribution in [-0.4, -0.2) is 22.8 Å². The number of benzene rings is 1. The van der Waals surface area contributed by atoms with Crippen molar-refractivity contribution in [3.8, 4) is 0 Å². The van der Waals surface area contributed by atoms with E-state index in [-0.39, 0.29) is 24.3 Å². The molecule has 1 aliphatic rings. The Bertz CT molecular complexity index is 728. The molecule has 0 spiro atoms. The lowest BCUT2D eigenvalue weighted by atomic mass is 10.0. The number of ether oxygens (including phenoxy) is 1. The summed E-state index contributed by atoms with van der Waals surface area (Å²) < 4.78 is 5.15. The molecule has 0 atom stereocenters. The molecule has 0 aliphatic heterocycles. The Kier molecular flexibility index (Phi) is 3.84. The van der Waals surface area contributed by atoms with E-state index in [1.807, 2.05) is 44.2 Å². The van der Waals surface area contributed by atoms with E-state index in [9.17, 15) is 9.59 Å². The first-order chi connectivity index (χ1) is 10.5. The minimum Gasteiger partial charge on any atom is -0.463 e. The van der Waals surface area contributed by atoms with Gasteiger partial charge in [-0.15, -0.1) is 0 Å². The second-order valence-electron chi connectivity index (χ2n) is 5.90. The van der Waals surface area contributed by atoms with E-state index < -0.39 is 0 Å². The topological polar surface area (TPSA) is 59.2 Å². The Balaban J connectivity index is 1.87. The normalized spacial score (nSPS) is 13.5. The summed E-state index contributed by atoms with van der Waals surface area (Å²) >= 11 is 0. The monoisotopic (exact) mass is 297 g/mol. The average molecular weight is 297 g/mol. The smallest absolute Gasteiger partial charge is 0.312 e. The van der Waals surface area contributed by atoms with E-state index in [4.69, 9.17) is 4.74 Å². The largest absolute Gasteiger partial charge is 0.463 e. The van der Waals surface area contributed by atoms with Crippen molar-refractivity contribution in [3.63, 3.8) is 0 Å². The highest BCUT2D eigenvalue weighted by atomic mass is 16.5. The number of carbonyl (C=O) groups is 2. The van der Waals surface area contributed by atoms with Crippen LogP contribution >= 0.6 is 0 Å². The van der Waals surface area contributed by atoms with Crippen LogP contribution in [0.25, 0.3) is 0 Å². The molecule has 1 aliphatic carbocycles. The van der Waals surface area contributed by atoms with Crippen LogP contribution in [0.2, 0.25) is 0 Å². The molecule has 3 rings (SSSR count). The first kappa shape index (κ1) is 14.6. The van der Waals surface area contributed by atoms with E-state index in [2.05, 4.69) is 4.98 Å². The molecule has 1 aromatic heterocycles. The number of hydrogen-bond acceptors (Lipinski definition) is 3. The number of nitrogens with one attached hydrogen (secondary N) is 1. The number of carbonyl (C=O) groups excluding carboxylic acids is 2. The molecular formula is C18H19NO3.